The number of rotatable bonds is 3. The van der Waals surface area contributed by atoms with Crippen LogP contribution in [0.1, 0.15) is 32.3 Å². The Morgan fingerprint density at radius 3 is 2.59 bits per heavy atom. The van der Waals surface area contributed by atoms with Crippen LogP contribution >= 0.6 is 0 Å². The highest BCUT2D eigenvalue weighted by molar-refractivity contribution is 6.59. The number of benzene rings is 1. The van der Waals surface area contributed by atoms with Crippen LogP contribution in [-0.2, 0) is 6.54 Å². The van der Waals surface area contributed by atoms with Crippen molar-refractivity contribution in [1.82, 2.24) is 4.90 Å². The third kappa shape index (κ3) is 2.71. The van der Waals surface area contributed by atoms with Crippen LogP contribution in [0.2, 0.25) is 0 Å². The second kappa shape index (κ2) is 4.80. The van der Waals surface area contributed by atoms with Crippen LogP contribution in [0.5, 0.6) is 0 Å². The van der Waals surface area contributed by atoms with Crippen LogP contribution < -0.4 is 5.46 Å². The Bertz CT molecular complexity index is 393. The summed E-state index contributed by atoms with van der Waals surface area (Å²) in [5.74, 6) is 0. The van der Waals surface area contributed by atoms with Gasteiger partial charge in [0.15, 0.2) is 0 Å². The van der Waals surface area contributed by atoms with E-state index >= 15 is 0 Å². The Morgan fingerprint density at radius 1 is 1.29 bits per heavy atom. The highest BCUT2D eigenvalue weighted by Gasteiger charge is 2.32. The molecular weight excluding hydrogens is 213 g/mol. The van der Waals surface area contributed by atoms with E-state index in [9.17, 15) is 10.0 Å². The van der Waals surface area contributed by atoms with Crippen molar-refractivity contribution < 1.29 is 10.0 Å². The van der Waals surface area contributed by atoms with Crippen LogP contribution in [0.3, 0.4) is 0 Å². The molecule has 1 aliphatic rings. The first-order chi connectivity index (χ1) is 8.00. The summed E-state index contributed by atoms with van der Waals surface area (Å²) in [6.07, 6.45) is 2.42. The summed E-state index contributed by atoms with van der Waals surface area (Å²) in [4.78, 5) is 2.41. The lowest BCUT2D eigenvalue weighted by molar-refractivity contribution is 0.167. The van der Waals surface area contributed by atoms with E-state index in [1.807, 2.05) is 18.2 Å². The maximum atomic E-state index is 9.35. The largest absolute Gasteiger partial charge is 0.488 e. The average Bonchev–Trinajstić information content (AvgIpc) is 2.59. The fourth-order valence-corrected chi connectivity index (χ4v) is 2.59. The molecule has 92 valence electrons. The van der Waals surface area contributed by atoms with Gasteiger partial charge in [-0.3, -0.25) is 4.90 Å². The monoisotopic (exact) mass is 233 g/mol. The second-order valence-corrected chi connectivity index (χ2v) is 5.41. The average molecular weight is 233 g/mol. The van der Waals surface area contributed by atoms with E-state index in [1.54, 1.807) is 6.07 Å². The molecule has 2 rings (SSSR count). The lowest BCUT2D eigenvalue weighted by atomic mass is 9.77. The summed E-state index contributed by atoms with van der Waals surface area (Å²) in [6.45, 7) is 6.37. The minimum atomic E-state index is -1.38. The van der Waals surface area contributed by atoms with E-state index in [4.69, 9.17) is 0 Å². The summed E-state index contributed by atoms with van der Waals surface area (Å²) in [5, 5.41) is 18.7. The molecular formula is C13H20BNO2. The van der Waals surface area contributed by atoms with Crippen molar-refractivity contribution in [2.75, 3.05) is 6.54 Å². The summed E-state index contributed by atoms with van der Waals surface area (Å²) >= 11 is 0. The molecule has 0 aromatic heterocycles. The Hall–Kier alpha value is -0.835. The zero-order valence-electron chi connectivity index (χ0n) is 10.6. The normalized spacial score (nSPS) is 19.5. The third-order valence-electron chi connectivity index (χ3n) is 3.77. The van der Waals surface area contributed by atoms with Crippen molar-refractivity contribution in [3.63, 3.8) is 0 Å². The summed E-state index contributed by atoms with van der Waals surface area (Å²) in [5.41, 5.74) is 1.85. The van der Waals surface area contributed by atoms with Crippen molar-refractivity contribution in [3.8, 4) is 0 Å². The fraction of sp³-hybridized carbons (Fsp3) is 0.538. The molecule has 1 aliphatic heterocycles. The molecule has 3 nitrogen and oxygen atoms in total. The molecule has 0 aliphatic carbocycles. The van der Waals surface area contributed by atoms with Crippen LogP contribution in [0.4, 0.5) is 0 Å². The Kier molecular flexibility index (Phi) is 3.57. The van der Waals surface area contributed by atoms with Gasteiger partial charge in [-0.2, -0.15) is 0 Å². The molecule has 2 N–H and O–H groups in total. The number of likely N-dealkylation sites (tertiary alicyclic amines) is 1. The van der Waals surface area contributed by atoms with Gasteiger partial charge in [0.2, 0.25) is 0 Å². The zero-order chi connectivity index (χ0) is 12.5. The lowest BCUT2D eigenvalue weighted by Gasteiger charge is -2.32. The minimum absolute atomic E-state index is 0.216. The SMILES string of the molecule is CC1(C)CCCN1Cc1ccccc1B(O)O. The molecule has 0 amide bonds. The molecule has 0 spiro atoms. The van der Waals surface area contributed by atoms with Crippen LogP contribution in [0.25, 0.3) is 0 Å². The summed E-state index contributed by atoms with van der Waals surface area (Å²) in [7, 11) is -1.38. The first-order valence-corrected chi connectivity index (χ1v) is 6.20. The van der Waals surface area contributed by atoms with Gasteiger partial charge in [-0.1, -0.05) is 24.3 Å². The first-order valence-electron chi connectivity index (χ1n) is 6.20. The molecule has 0 saturated carbocycles. The smallest absolute Gasteiger partial charge is 0.423 e. The van der Waals surface area contributed by atoms with Gasteiger partial charge in [0.05, 0.1) is 0 Å². The molecule has 0 atom stereocenters. The molecule has 0 unspecified atom stereocenters. The van der Waals surface area contributed by atoms with Gasteiger partial charge in [-0.15, -0.1) is 0 Å². The second-order valence-electron chi connectivity index (χ2n) is 5.41. The lowest BCUT2D eigenvalue weighted by Crippen LogP contribution is -2.41. The molecule has 1 heterocycles. The van der Waals surface area contributed by atoms with E-state index < -0.39 is 7.12 Å². The third-order valence-corrected chi connectivity index (χ3v) is 3.77. The highest BCUT2D eigenvalue weighted by atomic mass is 16.4. The minimum Gasteiger partial charge on any atom is -0.423 e. The van der Waals surface area contributed by atoms with Gasteiger partial charge in [0.25, 0.3) is 0 Å². The molecule has 1 aromatic carbocycles. The van der Waals surface area contributed by atoms with Crippen LogP contribution in [0.15, 0.2) is 24.3 Å². The molecule has 17 heavy (non-hydrogen) atoms. The molecule has 4 heteroatoms. The standard InChI is InChI=1S/C13H20BNO2/c1-13(2)8-5-9-15(13)10-11-6-3-4-7-12(11)14(16)17/h3-4,6-7,16-17H,5,8-10H2,1-2H3. The predicted octanol–water partition coefficient (Wildman–Crippen LogP) is 0.741. The number of hydrogen-bond acceptors (Lipinski definition) is 3. The zero-order valence-corrected chi connectivity index (χ0v) is 10.6. The predicted molar refractivity (Wildman–Crippen MR) is 70.0 cm³/mol. The molecule has 1 fully saturated rings. The first kappa shape index (κ1) is 12.6. The van der Waals surface area contributed by atoms with Crippen molar-refractivity contribution >= 4 is 12.6 Å². The van der Waals surface area contributed by atoms with Gasteiger partial charge in [-0.05, 0) is 44.3 Å². The Morgan fingerprint density at radius 2 is 2.00 bits per heavy atom. The topological polar surface area (TPSA) is 43.7 Å². The molecule has 1 aromatic rings. The highest BCUT2D eigenvalue weighted by Crippen LogP contribution is 2.29. The van der Waals surface area contributed by atoms with Gasteiger partial charge in [0, 0.05) is 12.1 Å². The summed E-state index contributed by atoms with van der Waals surface area (Å²) < 4.78 is 0. The van der Waals surface area contributed by atoms with Crippen molar-refractivity contribution in [1.29, 1.82) is 0 Å². The van der Waals surface area contributed by atoms with Crippen LogP contribution in [-0.4, -0.2) is 34.2 Å². The van der Waals surface area contributed by atoms with Gasteiger partial charge in [-0.25, -0.2) is 0 Å². The van der Waals surface area contributed by atoms with Crippen molar-refractivity contribution in [2.24, 2.45) is 0 Å². The number of hydrogen-bond donors (Lipinski definition) is 2. The molecule has 1 saturated heterocycles. The maximum absolute atomic E-state index is 9.35. The summed E-state index contributed by atoms with van der Waals surface area (Å²) in [6, 6.07) is 7.55. The molecule has 0 radical (unpaired) electrons. The van der Waals surface area contributed by atoms with Gasteiger partial charge < -0.3 is 10.0 Å². The Balaban J connectivity index is 2.19. The quantitative estimate of drug-likeness (QED) is 0.757. The van der Waals surface area contributed by atoms with Crippen LogP contribution in [0, 0.1) is 0 Å². The number of nitrogens with zero attached hydrogens (tertiary/aromatic N) is 1. The van der Waals surface area contributed by atoms with E-state index in [0.717, 1.165) is 18.7 Å². The van der Waals surface area contributed by atoms with Crippen molar-refractivity contribution in [3.05, 3.63) is 29.8 Å². The van der Waals surface area contributed by atoms with Gasteiger partial charge in [0.1, 0.15) is 0 Å². The fourth-order valence-electron chi connectivity index (χ4n) is 2.59. The van der Waals surface area contributed by atoms with E-state index in [1.165, 1.54) is 12.8 Å². The molecule has 0 bridgehead atoms. The van der Waals surface area contributed by atoms with Gasteiger partial charge >= 0.3 is 7.12 Å². The van der Waals surface area contributed by atoms with E-state index in [0.29, 0.717) is 5.46 Å². The van der Waals surface area contributed by atoms with E-state index in [2.05, 4.69) is 18.7 Å². The van der Waals surface area contributed by atoms with Crippen molar-refractivity contribution in [2.45, 2.75) is 38.8 Å². The van der Waals surface area contributed by atoms with E-state index in [-0.39, 0.29) is 5.54 Å². The maximum Gasteiger partial charge on any atom is 0.488 e. The Labute approximate surface area is 103 Å².